The van der Waals surface area contributed by atoms with Crippen molar-refractivity contribution in [2.75, 3.05) is 21.3 Å². The lowest BCUT2D eigenvalue weighted by molar-refractivity contribution is 0.0962. The van der Waals surface area contributed by atoms with Gasteiger partial charge in [0, 0.05) is 24.8 Å². The molecule has 0 radical (unpaired) electrons. The van der Waals surface area contributed by atoms with E-state index in [1.54, 1.807) is 32.0 Å². The summed E-state index contributed by atoms with van der Waals surface area (Å²) in [6.07, 6.45) is 2.74. The zero-order valence-corrected chi connectivity index (χ0v) is 19.9. The van der Waals surface area contributed by atoms with Gasteiger partial charge in [-0.15, -0.1) is 0 Å². The summed E-state index contributed by atoms with van der Waals surface area (Å²) < 4.78 is 18.1. The van der Waals surface area contributed by atoms with Crippen molar-refractivity contribution in [3.63, 3.8) is 0 Å². The first kappa shape index (κ1) is 22.4. The second-order valence-corrected chi connectivity index (χ2v) is 8.70. The maximum atomic E-state index is 13.1. The third kappa shape index (κ3) is 3.81. The standard InChI is InChI=1S/C26H24ClN3O4/c1-32-14-20-25(16-7-8-23(33-2)24(12-16)34-3)26-28-13-19-21(30(26)29-20)10-17(11-22(19)31)15-5-4-6-18(27)9-15/h4-9,12-13,17H,10-11,14H2,1-3H3. The molecule has 0 N–H and O–H groups in total. The number of benzene rings is 2. The molecule has 0 spiro atoms. The molecule has 5 rings (SSSR count). The van der Waals surface area contributed by atoms with Crippen LogP contribution in [0.15, 0.2) is 48.7 Å². The Bertz CT molecular complexity index is 1400. The number of rotatable bonds is 6. The molecule has 174 valence electrons. The number of ketones is 1. The van der Waals surface area contributed by atoms with E-state index in [4.69, 9.17) is 30.9 Å². The smallest absolute Gasteiger partial charge is 0.166 e. The van der Waals surface area contributed by atoms with E-state index in [0.717, 1.165) is 28.1 Å². The molecular formula is C26H24ClN3O4. The number of hydrogen-bond acceptors (Lipinski definition) is 6. The van der Waals surface area contributed by atoms with Crippen LogP contribution in [0.2, 0.25) is 5.02 Å². The predicted molar refractivity (Wildman–Crippen MR) is 129 cm³/mol. The van der Waals surface area contributed by atoms with E-state index < -0.39 is 0 Å². The van der Waals surface area contributed by atoms with Gasteiger partial charge in [-0.05, 0) is 47.7 Å². The van der Waals surface area contributed by atoms with Crippen molar-refractivity contribution in [1.82, 2.24) is 14.6 Å². The molecule has 0 bridgehead atoms. The SMILES string of the molecule is COCc1nn2c3c(cnc2c1-c1ccc(OC)c(OC)c1)C(=O)CC(c1cccc(Cl)c1)C3. The highest BCUT2D eigenvalue weighted by Gasteiger charge is 2.30. The summed E-state index contributed by atoms with van der Waals surface area (Å²) >= 11 is 6.22. The Morgan fingerprint density at radius 3 is 2.62 bits per heavy atom. The van der Waals surface area contributed by atoms with Crippen molar-refractivity contribution in [3.05, 3.63) is 76.2 Å². The minimum atomic E-state index is 0.0175. The van der Waals surface area contributed by atoms with Crippen LogP contribution in [-0.4, -0.2) is 41.7 Å². The molecule has 0 saturated heterocycles. The summed E-state index contributed by atoms with van der Waals surface area (Å²) in [5.74, 6) is 1.31. The highest BCUT2D eigenvalue weighted by atomic mass is 35.5. The summed E-state index contributed by atoms with van der Waals surface area (Å²) in [5, 5.41) is 5.51. The van der Waals surface area contributed by atoms with Gasteiger partial charge in [-0.3, -0.25) is 4.79 Å². The van der Waals surface area contributed by atoms with Gasteiger partial charge in [0.2, 0.25) is 0 Å². The summed E-state index contributed by atoms with van der Waals surface area (Å²) in [5.41, 5.74) is 5.60. The summed E-state index contributed by atoms with van der Waals surface area (Å²) in [6.45, 7) is 0.299. The molecule has 7 nitrogen and oxygen atoms in total. The molecule has 2 aromatic carbocycles. The Kier molecular flexibility index (Phi) is 5.98. The Morgan fingerprint density at radius 2 is 1.88 bits per heavy atom. The fourth-order valence-corrected chi connectivity index (χ4v) is 4.86. The van der Waals surface area contributed by atoms with Gasteiger partial charge in [-0.25, -0.2) is 9.50 Å². The molecule has 1 atom stereocenters. The van der Waals surface area contributed by atoms with Crippen molar-refractivity contribution in [3.8, 4) is 22.6 Å². The van der Waals surface area contributed by atoms with E-state index >= 15 is 0 Å². The van der Waals surface area contributed by atoms with Gasteiger partial charge in [-0.2, -0.15) is 5.10 Å². The van der Waals surface area contributed by atoms with Crippen LogP contribution in [-0.2, 0) is 17.8 Å². The molecule has 4 aromatic rings. The first-order valence-electron chi connectivity index (χ1n) is 10.9. The number of carbonyl (C=O) groups excluding carboxylic acids is 1. The van der Waals surface area contributed by atoms with Gasteiger partial charge in [-0.1, -0.05) is 29.8 Å². The van der Waals surface area contributed by atoms with Crippen molar-refractivity contribution in [2.45, 2.75) is 25.4 Å². The van der Waals surface area contributed by atoms with Crippen LogP contribution in [0.3, 0.4) is 0 Å². The van der Waals surface area contributed by atoms with Gasteiger partial charge in [0.1, 0.15) is 0 Å². The third-order valence-electron chi connectivity index (χ3n) is 6.26. The van der Waals surface area contributed by atoms with Crippen molar-refractivity contribution >= 4 is 23.0 Å². The van der Waals surface area contributed by atoms with Crippen molar-refractivity contribution in [2.24, 2.45) is 0 Å². The number of aromatic nitrogens is 3. The summed E-state index contributed by atoms with van der Waals surface area (Å²) in [7, 11) is 4.83. The fraction of sp³-hybridized carbons (Fsp3) is 0.269. The molecule has 34 heavy (non-hydrogen) atoms. The fourth-order valence-electron chi connectivity index (χ4n) is 4.66. The number of fused-ring (bicyclic) bond motifs is 3. The van der Waals surface area contributed by atoms with E-state index in [2.05, 4.69) is 4.98 Å². The van der Waals surface area contributed by atoms with Crippen LogP contribution >= 0.6 is 11.6 Å². The third-order valence-corrected chi connectivity index (χ3v) is 6.50. The number of halogens is 1. The van der Waals surface area contributed by atoms with Gasteiger partial charge >= 0.3 is 0 Å². The lowest BCUT2D eigenvalue weighted by atomic mass is 9.82. The number of hydrogen-bond donors (Lipinski definition) is 0. The lowest BCUT2D eigenvalue weighted by Gasteiger charge is -2.24. The molecule has 0 aliphatic heterocycles. The van der Waals surface area contributed by atoms with E-state index in [1.807, 2.05) is 42.5 Å². The second-order valence-electron chi connectivity index (χ2n) is 8.26. The second kappa shape index (κ2) is 9.08. The van der Waals surface area contributed by atoms with Gasteiger partial charge in [0.15, 0.2) is 22.9 Å². The Morgan fingerprint density at radius 1 is 1.06 bits per heavy atom. The minimum Gasteiger partial charge on any atom is -0.493 e. The van der Waals surface area contributed by atoms with E-state index in [1.165, 1.54) is 0 Å². The first-order valence-corrected chi connectivity index (χ1v) is 11.3. The quantitative estimate of drug-likeness (QED) is 0.383. The van der Waals surface area contributed by atoms with Crippen LogP contribution in [0, 0.1) is 0 Å². The number of Topliss-reactive ketones (excluding diaryl/α,β-unsaturated/α-hetero) is 1. The maximum Gasteiger partial charge on any atom is 0.166 e. The molecule has 0 amide bonds. The lowest BCUT2D eigenvalue weighted by Crippen LogP contribution is -2.22. The average Bonchev–Trinajstić information content (AvgIpc) is 3.22. The minimum absolute atomic E-state index is 0.0175. The summed E-state index contributed by atoms with van der Waals surface area (Å²) in [4.78, 5) is 17.7. The molecule has 2 heterocycles. The van der Waals surface area contributed by atoms with E-state index in [0.29, 0.717) is 47.2 Å². The van der Waals surface area contributed by atoms with Crippen molar-refractivity contribution in [1.29, 1.82) is 0 Å². The summed E-state index contributed by atoms with van der Waals surface area (Å²) in [6, 6.07) is 13.4. The highest BCUT2D eigenvalue weighted by molar-refractivity contribution is 6.30. The molecule has 8 heteroatoms. The molecular weight excluding hydrogens is 454 g/mol. The number of ether oxygens (including phenoxy) is 3. The van der Waals surface area contributed by atoms with Crippen LogP contribution in [0.4, 0.5) is 0 Å². The van der Waals surface area contributed by atoms with Crippen LogP contribution in [0.1, 0.15) is 39.6 Å². The topological polar surface area (TPSA) is 75.0 Å². The zero-order chi connectivity index (χ0) is 23.8. The largest absolute Gasteiger partial charge is 0.493 e. The number of methoxy groups -OCH3 is 3. The highest BCUT2D eigenvalue weighted by Crippen LogP contribution is 2.38. The Hall–Kier alpha value is -3.42. The van der Waals surface area contributed by atoms with E-state index in [9.17, 15) is 4.79 Å². The predicted octanol–water partition coefficient (Wildman–Crippen LogP) is 5.13. The van der Waals surface area contributed by atoms with Crippen LogP contribution in [0.5, 0.6) is 11.5 Å². The van der Waals surface area contributed by atoms with Crippen molar-refractivity contribution < 1.29 is 19.0 Å². The molecule has 1 unspecified atom stereocenters. The van der Waals surface area contributed by atoms with E-state index in [-0.39, 0.29) is 11.7 Å². The van der Waals surface area contributed by atoms with Gasteiger partial charge < -0.3 is 14.2 Å². The normalized spacial score (nSPS) is 15.4. The monoisotopic (exact) mass is 477 g/mol. The zero-order valence-electron chi connectivity index (χ0n) is 19.2. The van der Waals surface area contributed by atoms with Gasteiger partial charge in [0.25, 0.3) is 0 Å². The molecule has 2 aromatic heterocycles. The molecule has 0 fully saturated rings. The Balaban J connectivity index is 1.68. The molecule has 1 aliphatic rings. The first-order chi connectivity index (χ1) is 16.5. The Labute approximate surface area is 202 Å². The molecule has 0 saturated carbocycles. The van der Waals surface area contributed by atoms with Gasteiger partial charge in [0.05, 0.1) is 43.3 Å². The average molecular weight is 478 g/mol. The molecule has 1 aliphatic carbocycles. The van der Waals surface area contributed by atoms with Crippen LogP contribution < -0.4 is 9.47 Å². The van der Waals surface area contributed by atoms with Crippen LogP contribution in [0.25, 0.3) is 16.8 Å². The number of nitrogens with zero attached hydrogens (tertiary/aromatic N) is 3. The number of carbonyl (C=O) groups is 1. The maximum absolute atomic E-state index is 13.1.